The second-order valence-corrected chi connectivity index (χ2v) is 7.04. The van der Waals surface area contributed by atoms with Crippen molar-refractivity contribution in [2.75, 3.05) is 13.7 Å². The summed E-state index contributed by atoms with van der Waals surface area (Å²) in [6, 6.07) is 7.03. The number of aliphatic hydroxyl groups excluding tert-OH is 1. The molecule has 2 aliphatic rings. The van der Waals surface area contributed by atoms with Crippen LogP contribution in [0.1, 0.15) is 43.8 Å². The van der Waals surface area contributed by atoms with Gasteiger partial charge in [0.05, 0.1) is 24.0 Å². The van der Waals surface area contributed by atoms with Gasteiger partial charge in [0.2, 0.25) is 5.91 Å². The first-order valence-corrected chi connectivity index (χ1v) is 8.25. The van der Waals surface area contributed by atoms with Gasteiger partial charge >= 0.3 is 5.97 Å². The summed E-state index contributed by atoms with van der Waals surface area (Å²) in [6.45, 7) is 0.118. The molecule has 0 heterocycles. The molecular formula is C18H23NO5. The summed E-state index contributed by atoms with van der Waals surface area (Å²) in [6.07, 6.45) is 1.98. The summed E-state index contributed by atoms with van der Waals surface area (Å²) in [5.41, 5.74) is -0.587. The van der Waals surface area contributed by atoms with Crippen LogP contribution in [0.15, 0.2) is 24.3 Å². The minimum absolute atomic E-state index is 0.118. The highest BCUT2D eigenvalue weighted by molar-refractivity contribution is 5.87. The van der Waals surface area contributed by atoms with Crippen LogP contribution >= 0.6 is 0 Å². The van der Waals surface area contributed by atoms with Gasteiger partial charge in [0.1, 0.15) is 5.75 Å². The first kappa shape index (κ1) is 16.8. The predicted octanol–water partition coefficient (Wildman–Crippen LogP) is 1.88. The van der Waals surface area contributed by atoms with Crippen LogP contribution in [0.4, 0.5) is 0 Å². The molecule has 1 amide bonds. The van der Waals surface area contributed by atoms with E-state index in [2.05, 4.69) is 5.32 Å². The third kappa shape index (κ3) is 2.75. The summed E-state index contributed by atoms with van der Waals surface area (Å²) in [5.74, 6) is -0.209. The van der Waals surface area contributed by atoms with Crippen molar-refractivity contribution in [1.82, 2.24) is 5.32 Å². The SMILES string of the molecule is COc1ccc([C@@H](O)CNC(=O)C23CCC(C(=O)O)(CC2)C3)cc1. The van der Waals surface area contributed by atoms with Crippen molar-refractivity contribution in [3.05, 3.63) is 29.8 Å². The number of aliphatic hydroxyl groups is 1. The van der Waals surface area contributed by atoms with E-state index < -0.39 is 22.9 Å². The first-order chi connectivity index (χ1) is 11.4. The van der Waals surface area contributed by atoms with Gasteiger partial charge in [-0.2, -0.15) is 0 Å². The molecule has 1 aromatic carbocycles. The Morgan fingerprint density at radius 1 is 1.17 bits per heavy atom. The predicted molar refractivity (Wildman–Crippen MR) is 86.6 cm³/mol. The third-order valence-corrected chi connectivity index (χ3v) is 5.73. The summed E-state index contributed by atoms with van der Waals surface area (Å²) in [5, 5.41) is 22.5. The second-order valence-electron chi connectivity index (χ2n) is 7.04. The van der Waals surface area contributed by atoms with E-state index in [9.17, 15) is 19.8 Å². The minimum atomic E-state index is -0.803. The molecule has 0 spiro atoms. The molecule has 2 aliphatic carbocycles. The lowest BCUT2D eigenvalue weighted by Gasteiger charge is -2.26. The first-order valence-electron chi connectivity index (χ1n) is 8.25. The van der Waals surface area contributed by atoms with E-state index in [4.69, 9.17) is 4.74 Å². The highest BCUT2D eigenvalue weighted by Gasteiger charge is 2.61. The zero-order valence-electron chi connectivity index (χ0n) is 13.7. The van der Waals surface area contributed by atoms with Gasteiger partial charge in [0, 0.05) is 6.54 Å². The number of aliphatic carboxylic acids is 1. The number of benzene rings is 1. The van der Waals surface area contributed by atoms with E-state index in [-0.39, 0.29) is 12.5 Å². The highest BCUT2D eigenvalue weighted by Crippen LogP contribution is 2.61. The number of hydrogen-bond acceptors (Lipinski definition) is 4. The summed E-state index contributed by atoms with van der Waals surface area (Å²) >= 11 is 0. The van der Waals surface area contributed by atoms with Crippen LogP contribution in [0.25, 0.3) is 0 Å². The van der Waals surface area contributed by atoms with Gasteiger partial charge in [-0.3, -0.25) is 9.59 Å². The number of rotatable bonds is 6. The molecular weight excluding hydrogens is 310 g/mol. The molecule has 3 rings (SSSR count). The van der Waals surface area contributed by atoms with Crippen molar-refractivity contribution in [1.29, 1.82) is 0 Å². The largest absolute Gasteiger partial charge is 0.497 e. The molecule has 130 valence electrons. The average molecular weight is 333 g/mol. The number of carboxylic acids is 1. The molecule has 6 nitrogen and oxygen atoms in total. The van der Waals surface area contributed by atoms with Crippen molar-refractivity contribution in [3.8, 4) is 5.75 Å². The van der Waals surface area contributed by atoms with Crippen LogP contribution < -0.4 is 10.1 Å². The van der Waals surface area contributed by atoms with E-state index in [1.807, 2.05) is 0 Å². The van der Waals surface area contributed by atoms with Crippen LogP contribution in [-0.4, -0.2) is 35.7 Å². The van der Waals surface area contributed by atoms with Crippen molar-refractivity contribution in [2.24, 2.45) is 10.8 Å². The highest BCUT2D eigenvalue weighted by atomic mass is 16.5. The molecule has 3 N–H and O–H groups in total. The Labute approximate surface area is 140 Å². The molecule has 1 atom stereocenters. The number of carboxylic acid groups (broad SMARTS) is 1. The Kier molecular flexibility index (Phi) is 4.25. The molecule has 2 bridgehead atoms. The molecule has 0 saturated heterocycles. The van der Waals surface area contributed by atoms with E-state index >= 15 is 0 Å². The van der Waals surface area contributed by atoms with Crippen molar-refractivity contribution in [3.63, 3.8) is 0 Å². The number of hydrogen-bond donors (Lipinski definition) is 3. The lowest BCUT2D eigenvalue weighted by molar-refractivity contribution is -0.148. The fourth-order valence-corrected chi connectivity index (χ4v) is 4.13. The number of amides is 1. The summed E-state index contributed by atoms with van der Waals surface area (Å²) in [7, 11) is 1.57. The lowest BCUT2D eigenvalue weighted by Crippen LogP contribution is -2.40. The Hall–Kier alpha value is -2.08. The molecule has 1 aromatic rings. The molecule has 6 heteroatoms. The van der Waals surface area contributed by atoms with Crippen LogP contribution in [0.3, 0.4) is 0 Å². The van der Waals surface area contributed by atoms with E-state index in [1.54, 1.807) is 31.4 Å². The number of nitrogens with one attached hydrogen (secondary N) is 1. The quantitative estimate of drug-likeness (QED) is 0.739. The van der Waals surface area contributed by atoms with E-state index in [1.165, 1.54) is 0 Å². The Morgan fingerprint density at radius 2 is 1.75 bits per heavy atom. The van der Waals surface area contributed by atoms with Gasteiger partial charge in [-0.25, -0.2) is 0 Å². The molecule has 2 saturated carbocycles. The number of carbonyl (C=O) groups excluding carboxylic acids is 1. The lowest BCUT2D eigenvalue weighted by atomic mass is 9.81. The van der Waals surface area contributed by atoms with Crippen LogP contribution in [0, 0.1) is 10.8 Å². The number of carbonyl (C=O) groups is 2. The smallest absolute Gasteiger partial charge is 0.309 e. The standard InChI is InChI=1S/C18H23NO5/c1-24-13-4-2-12(3-5-13)14(20)10-19-15(21)17-6-8-18(11-17,9-7-17)16(22)23/h2-5,14,20H,6-11H2,1H3,(H,19,21)(H,22,23)/t14-,17?,18?/m0/s1. The van der Waals surface area contributed by atoms with Crippen LogP contribution in [-0.2, 0) is 9.59 Å². The third-order valence-electron chi connectivity index (χ3n) is 5.73. The van der Waals surface area contributed by atoms with Crippen molar-refractivity contribution >= 4 is 11.9 Å². The van der Waals surface area contributed by atoms with Gasteiger partial charge in [0.15, 0.2) is 0 Å². The molecule has 2 fully saturated rings. The number of methoxy groups -OCH3 is 1. The van der Waals surface area contributed by atoms with Gasteiger partial charge in [0.25, 0.3) is 0 Å². The topological polar surface area (TPSA) is 95.9 Å². The monoisotopic (exact) mass is 333 g/mol. The van der Waals surface area contributed by atoms with Crippen LogP contribution in [0.5, 0.6) is 5.75 Å². The van der Waals surface area contributed by atoms with Gasteiger partial charge in [-0.15, -0.1) is 0 Å². The molecule has 0 aliphatic heterocycles. The van der Waals surface area contributed by atoms with Crippen LogP contribution in [0.2, 0.25) is 0 Å². The Morgan fingerprint density at radius 3 is 2.25 bits per heavy atom. The zero-order chi connectivity index (χ0) is 17.4. The maximum atomic E-state index is 12.6. The molecule has 0 aromatic heterocycles. The zero-order valence-corrected chi connectivity index (χ0v) is 13.7. The average Bonchev–Trinajstić information content (AvgIpc) is 3.18. The summed E-state index contributed by atoms with van der Waals surface area (Å²) in [4.78, 5) is 24.1. The Bertz CT molecular complexity index is 631. The van der Waals surface area contributed by atoms with E-state index in [0.29, 0.717) is 43.4 Å². The molecule has 0 radical (unpaired) electrons. The molecule has 0 unspecified atom stereocenters. The number of ether oxygens (including phenoxy) is 1. The van der Waals surface area contributed by atoms with Gasteiger partial charge in [-0.05, 0) is 49.8 Å². The van der Waals surface area contributed by atoms with E-state index in [0.717, 1.165) is 0 Å². The summed E-state index contributed by atoms with van der Waals surface area (Å²) < 4.78 is 5.08. The van der Waals surface area contributed by atoms with Gasteiger partial charge in [-0.1, -0.05) is 12.1 Å². The maximum Gasteiger partial charge on any atom is 0.309 e. The molecule has 24 heavy (non-hydrogen) atoms. The fraction of sp³-hybridized carbons (Fsp3) is 0.556. The van der Waals surface area contributed by atoms with Gasteiger partial charge < -0.3 is 20.3 Å². The van der Waals surface area contributed by atoms with Crippen molar-refractivity contribution in [2.45, 2.75) is 38.2 Å². The fourth-order valence-electron chi connectivity index (χ4n) is 4.13. The van der Waals surface area contributed by atoms with Crippen molar-refractivity contribution < 1.29 is 24.5 Å². The second kappa shape index (κ2) is 6.09. The Balaban J connectivity index is 1.59. The number of fused-ring (bicyclic) bond motifs is 2. The minimum Gasteiger partial charge on any atom is -0.497 e. The maximum absolute atomic E-state index is 12.6. The normalized spacial score (nSPS) is 29.2.